The number of nitrogens with one attached hydrogen (secondary N) is 1. The molecule has 1 aromatic carbocycles. The van der Waals surface area contributed by atoms with Crippen LogP contribution in [0.2, 0.25) is 0 Å². The van der Waals surface area contributed by atoms with Crippen LogP contribution in [0.1, 0.15) is 0 Å². The largest absolute Gasteiger partial charge is 0.486 e. The van der Waals surface area contributed by atoms with Gasteiger partial charge < -0.3 is 14.5 Å². The van der Waals surface area contributed by atoms with Crippen molar-refractivity contribution in [3.05, 3.63) is 41.1 Å². The summed E-state index contributed by atoms with van der Waals surface area (Å²) in [6.45, 7) is 1.11. The number of H-pyrrole nitrogens is 1. The molecule has 0 spiro atoms. The highest BCUT2D eigenvalue weighted by atomic mass is 16.6. The van der Waals surface area contributed by atoms with Gasteiger partial charge >= 0.3 is 5.69 Å². The molecule has 5 nitrogen and oxygen atoms in total. The zero-order chi connectivity index (χ0) is 11.0. The molecular weight excluding hydrogens is 208 g/mol. The molecule has 0 atom stereocenters. The zero-order valence-electron chi connectivity index (χ0n) is 8.47. The van der Waals surface area contributed by atoms with E-state index in [2.05, 4.69) is 4.98 Å². The van der Waals surface area contributed by atoms with Gasteiger partial charge in [0.15, 0.2) is 11.5 Å². The number of hydrogen-bond acceptors (Lipinski definition) is 3. The maximum Gasteiger partial charge on any atom is 0.330 e. The molecule has 2 aromatic rings. The monoisotopic (exact) mass is 218 g/mol. The van der Waals surface area contributed by atoms with Crippen molar-refractivity contribution in [3.63, 3.8) is 0 Å². The van der Waals surface area contributed by atoms with E-state index in [9.17, 15) is 4.79 Å². The van der Waals surface area contributed by atoms with Crippen molar-refractivity contribution in [1.29, 1.82) is 0 Å². The second kappa shape index (κ2) is 3.44. The average Bonchev–Trinajstić information content (AvgIpc) is 2.75. The minimum atomic E-state index is -0.170. The Morgan fingerprint density at radius 2 is 2.00 bits per heavy atom. The van der Waals surface area contributed by atoms with E-state index >= 15 is 0 Å². The van der Waals surface area contributed by atoms with Gasteiger partial charge in [0.25, 0.3) is 0 Å². The van der Waals surface area contributed by atoms with Crippen LogP contribution in [0.3, 0.4) is 0 Å². The highest BCUT2D eigenvalue weighted by molar-refractivity contribution is 5.49. The number of imidazole rings is 1. The van der Waals surface area contributed by atoms with E-state index in [0.29, 0.717) is 19.0 Å². The van der Waals surface area contributed by atoms with Gasteiger partial charge in [-0.15, -0.1) is 0 Å². The van der Waals surface area contributed by atoms with Crippen molar-refractivity contribution in [2.75, 3.05) is 13.2 Å². The molecule has 0 radical (unpaired) electrons. The van der Waals surface area contributed by atoms with Crippen LogP contribution < -0.4 is 15.2 Å². The number of rotatable bonds is 1. The van der Waals surface area contributed by atoms with Gasteiger partial charge in [0, 0.05) is 18.5 Å². The van der Waals surface area contributed by atoms with Gasteiger partial charge in [-0.2, -0.15) is 0 Å². The predicted octanol–water partition coefficient (Wildman–Crippen LogP) is 0.937. The molecule has 0 saturated carbocycles. The molecule has 0 amide bonds. The zero-order valence-corrected chi connectivity index (χ0v) is 8.47. The highest BCUT2D eigenvalue weighted by Crippen LogP contribution is 2.31. The maximum atomic E-state index is 11.4. The lowest BCUT2D eigenvalue weighted by molar-refractivity contribution is 0.171. The summed E-state index contributed by atoms with van der Waals surface area (Å²) in [5.41, 5.74) is 0.590. The van der Waals surface area contributed by atoms with Gasteiger partial charge in [-0.1, -0.05) is 0 Å². The van der Waals surface area contributed by atoms with Crippen LogP contribution in [0, 0.1) is 0 Å². The van der Waals surface area contributed by atoms with E-state index in [-0.39, 0.29) is 5.69 Å². The third-order valence-corrected chi connectivity index (χ3v) is 2.45. The molecule has 5 heteroatoms. The Morgan fingerprint density at radius 3 is 2.75 bits per heavy atom. The van der Waals surface area contributed by atoms with Crippen molar-refractivity contribution in [3.8, 4) is 17.2 Å². The molecule has 82 valence electrons. The number of fused-ring (bicyclic) bond motifs is 1. The first-order valence-corrected chi connectivity index (χ1v) is 5.01. The van der Waals surface area contributed by atoms with Gasteiger partial charge in [-0.3, -0.25) is 4.57 Å². The summed E-state index contributed by atoms with van der Waals surface area (Å²) < 4.78 is 12.4. The third kappa shape index (κ3) is 1.37. The minimum Gasteiger partial charge on any atom is -0.486 e. The fraction of sp³-hybridized carbons (Fsp3) is 0.182. The van der Waals surface area contributed by atoms with E-state index in [1.165, 1.54) is 4.57 Å². The average molecular weight is 218 g/mol. The van der Waals surface area contributed by atoms with E-state index in [1.807, 2.05) is 12.1 Å². The molecule has 0 bridgehead atoms. The Morgan fingerprint density at radius 1 is 1.19 bits per heavy atom. The molecule has 1 aromatic heterocycles. The van der Waals surface area contributed by atoms with E-state index < -0.39 is 0 Å². The molecule has 0 aliphatic carbocycles. The van der Waals surface area contributed by atoms with Crippen LogP contribution in [0.25, 0.3) is 5.69 Å². The summed E-state index contributed by atoms with van der Waals surface area (Å²) in [6.07, 6.45) is 3.27. The van der Waals surface area contributed by atoms with E-state index in [4.69, 9.17) is 9.47 Å². The first-order chi connectivity index (χ1) is 7.84. The van der Waals surface area contributed by atoms with Crippen molar-refractivity contribution in [2.45, 2.75) is 0 Å². The normalized spacial score (nSPS) is 13.8. The molecule has 1 aliphatic heterocycles. The molecular formula is C11H10N2O3. The van der Waals surface area contributed by atoms with Gasteiger partial charge in [0.05, 0.1) is 5.69 Å². The van der Waals surface area contributed by atoms with Crippen LogP contribution in [0.5, 0.6) is 11.5 Å². The highest BCUT2D eigenvalue weighted by Gasteiger charge is 2.12. The topological polar surface area (TPSA) is 56.2 Å². The molecule has 0 saturated heterocycles. The lowest BCUT2D eigenvalue weighted by Gasteiger charge is -2.18. The van der Waals surface area contributed by atoms with Gasteiger partial charge in [-0.05, 0) is 12.1 Å². The number of aromatic nitrogens is 2. The molecule has 2 heterocycles. The molecule has 1 N–H and O–H groups in total. The lowest BCUT2D eigenvalue weighted by Crippen LogP contribution is -2.17. The quantitative estimate of drug-likeness (QED) is 0.774. The number of hydrogen-bond donors (Lipinski definition) is 1. The molecule has 0 unspecified atom stereocenters. The molecule has 16 heavy (non-hydrogen) atoms. The first-order valence-electron chi connectivity index (χ1n) is 5.01. The van der Waals surface area contributed by atoms with Crippen molar-refractivity contribution in [1.82, 2.24) is 9.55 Å². The Bertz CT molecular complexity index is 571. The minimum absolute atomic E-state index is 0.170. The van der Waals surface area contributed by atoms with Crippen LogP contribution in [0.4, 0.5) is 0 Å². The van der Waals surface area contributed by atoms with E-state index in [0.717, 1.165) is 11.4 Å². The Labute approximate surface area is 91.2 Å². The summed E-state index contributed by atoms with van der Waals surface area (Å²) in [6, 6.07) is 5.43. The summed E-state index contributed by atoms with van der Waals surface area (Å²) in [7, 11) is 0. The first kappa shape index (κ1) is 9.08. The Hall–Kier alpha value is -2.17. The fourth-order valence-corrected chi connectivity index (χ4v) is 1.71. The van der Waals surface area contributed by atoms with Crippen LogP contribution in [-0.2, 0) is 0 Å². The molecule has 0 fully saturated rings. The summed E-state index contributed by atoms with van der Waals surface area (Å²) in [5, 5.41) is 0. The number of ether oxygens (including phenoxy) is 2. The van der Waals surface area contributed by atoms with Crippen LogP contribution in [0.15, 0.2) is 35.4 Å². The summed E-state index contributed by atoms with van der Waals surface area (Å²) in [4.78, 5) is 14.0. The number of nitrogens with zero attached hydrogens (tertiary/aromatic N) is 1. The summed E-state index contributed by atoms with van der Waals surface area (Å²) in [5.74, 6) is 1.40. The van der Waals surface area contributed by atoms with Gasteiger partial charge in [0.1, 0.15) is 13.2 Å². The maximum absolute atomic E-state index is 11.4. The Balaban J connectivity index is 2.10. The van der Waals surface area contributed by atoms with Gasteiger partial charge in [-0.25, -0.2) is 4.79 Å². The van der Waals surface area contributed by atoms with E-state index in [1.54, 1.807) is 18.5 Å². The lowest BCUT2D eigenvalue weighted by atomic mass is 10.2. The SMILES string of the molecule is O=c1[nH]ccn1-c1ccc2c(c1)OCCO2. The van der Waals surface area contributed by atoms with Crippen molar-refractivity contribution in [2.24, 2.45) is 0 Å². The standard InChI is InChI=1S/C11H10N2O3/c14-11-12-3-4-13(11)8-1-2-9-10(7-8)16-6-5-15-9/h1-4,7H,5-6H2,(H,12,14). The van der Waals surface area contributed by atoms with Crippen molar-refractivity contribution < 1.29 is 9.47 Å². The molecule has 3 rings (SSSR count). The number of benzene rings is 1. The van der Waals surface area contributed by atoms with Crippen LogP contribution >= 0.6 is 0 Å². The predicted molar refractivity (Wildman–Crippen MR) is 57.4 cm³/mol. The number of aromatic amines is 1. The second-order valence-electron chi connectivity index (χ2n) is 3.46. The van der Waals surface area contributed by atoms with Crippen molar-refractivity contribution >= 4 is 0 Å². The smallest absolute Gasteiger partial charge is 0.330 e. The Kier molecular flexibility index (Phi) is 1.96. The van der Waals surface area contributed by atoms with Gasteiger partial charge in [0.2, 0.25) is 0 Å². The summed E-state index contributed by atoms with van der Waals surface area (Å²) >= 11 is 0. The second-order valence-corrected chi connectivity index (χ2v) is 3.46. The van der Waals surface area contributed by atoms with Crippen LogP contribution in [-0.4, -0.2) is 22.8 Å². The fourth-order valence-electron chi connectivity index (χ4n) is 1.71. The molecule has 1 aliphatic rings. The third-order valence-electron chi connectivity index (χ3n) is 2.45.